The first-order chi connectivity index (χ1) is 4.91. The van der Waals surface area contributed by atoms with Crippen molar-refractivity contribution >= 4 is 21.1 Å². The van der Waals surface area contributed by atoms with Gasteiger partial charge in [0.15, 0.2) is 0 Å². The van der Waals surface area contributed by atoms with Gasteiger partial charge >= 0.3 is 0 Å². The average Bonchev–Trinajstić information content (AvgIpc) is 1.86. The smallest absolute Gasteiger partial charge is 0.0870 e. The fraction of sp³-hybridized carbons (Fsp3) is 0.750. The maximum Gasteiger partial charge on any atom is 0.0870 e. The van der Waals surface area contributed by atoms with Gasteiger partial charge in [-0.1, -0.05) is 13.8 Å². The van der Waals surface area contributed by atoms with Crippen LogP contribution < -0.4 is 0 Å². The summed E-state index contributed by atoms with van der Waals surface area (Å²) in [4.78, 5) is 2.05. The van der Waals surface area contributed by atoms with Crippen molar-refractivity contribution in [2.75, 3.05) is 14.1 Å². The molecule has 0 bridgehead atoms. The van der Waals surface area contributed by atoms with Gasteiger partial charge in [0.05, 0.1) is 15.0 Å². The minimum Gasteiger partial charge on any atom is -0.293 e. The van der Waals surface area contributed by atoms with Gasteiger partial charge in [-0.2, -0.15) is 0 Å². The molecule has 3 heteroatoms. The summed E-state index contributed by atoms with van der Waals surface area (Å²) in [6, 6.07) is 0. The Bertz CT molecular complexity index is 134. The Morgan fingerprint density at radius 2 is 2.00 bits per heavy atom. The molecule has 0 heterocycles. The Morgan fingerprint density at radius 3 is 2.27 bits per heavy atom. The summed E-state index contributed by atoms with van der Waals surface area (Å²) >= 11 is 6.20. The van der Waals surface area contributed by atoms with Crippen LogP contribution in [-0.2, 0) is 0 Å². The van der Waals surface area contributed by atoms with Crippen molar-refractivity contribution in [3.63, 3.8) is 0 Å². The third-order valence-corrected chi connectivity index (χ3v) is 4.74. The first kappa shape index (κ1) is 11.2. The SMILES string of the molecule is C=C[SiH2]C(C)(C)C(Cl)N(C)C. The molecule has 0 radical (unpaired) electrons. The highest BCUT2D eigenvalue weighted by Gasteiger charge is 2.28. The molecule has 0 aliphatic heterocycles. The molecule has 0 aromatic rings. The van der Waals surface area contributed by atoms with E-state index in [0.717, 1.165) is 0 Å². The number of hydrogen-bond acceptors (Lipinski definition) is 1. The van der Waals surface area contributed by atoms with E-state index in [9.17, 15) is 0 Å². The molecule has 0 saturated carbocycles. The van der Waals surface area contributed by atoms with Crippen molar-refractivity contribution < 1.29 is 0 Å². The van der Waals surface area contributed by atoms with Crippen molar-refractivity contribution in [2.24, 2.45) is 0 Å². The molecule has 66 valence electrons. The standard InChI is InChI=1S/C8H18ClNSi/c1-6-11-8(2,3)7(9)10(4)5/h6-7H,1,11H2,2-5H3. The predicted molar refractivity (Wildman–Crippen MR) is 56.1 cm³/mol. The zero-order chi connectivity index (χ0) is 9.07. The van der Waals surface area contributed by atoms with E-state index in [1.54, 1.807) is 0 Å². The van der Waals surface area contributed by atoms with Gasteiger partial charge in [0.2, 0.25) is 0 Å². The van der Waals surface area contributed by atoms with E-state index in [2.05, 4.69) is 31.0 Å². The molecule has 0 N–H and O–H groups in total. The van der Waals surface area contributed by atoms with Gasteiger partial charge in [0.1, 0.15) is 0 Å². The van der Waals surface area contributed by atoms with E-state index in [0.29, 0.717) is 0 Å². The molecule has 0 aliphatic carbocycles. The van der Waals surface area contributed by atoms with Crippen molar-refractivity contribution in [1.82, 2.24) is 4.90 Å². The molecule has 0 rings (SSSR count). The number of halogens is 1. The van der Waals surface area contributed by atoms with Gasteiger partial charge in [0, 0.05) is 0 Å². The Hall–Kier alpha value is 0.207. The topological polar surface area (TPSA) is 3.24 Å². The molecular weight excluding hydrogens is 174 g/mol. The largest absolute Gasteiger partial charge is 0.293 e. The second-order valence-corrected chi connectivity index (χ2v) is 7.00. The highest BCUT2D eigenvalue weighted by molar-refractivity contribution is 6.48. The van der Waals surface area contributed by atoms with Crippen molar-refractivity contribution in [3.05, 3.63) is 12.3 Å². The zero-order valence-corrected chi connectivity index (χ0v) is 10.1. The molecule has 1 nitrogen and oxygen atoms in total. The fourth-order valence-corrected chi connectivity index (χ4v) is 2.74. The molecule has 0 aromatic heterocycles. The first-order valence-corrected chi connectivity index (χ1v) is 5.79. The van der Waals surface area contributed by atoms with E-state index in [1.165, 1.54) is 0 Å². The number of alkyl halides is 1. The molecule has 0 spiro atoms. The Balaban J connectivity index is 4.15. The minimum absolute atomic E-state index is 0.132. The minimum atomic E-state index is -0.250. The molecule has 0 saturated heterocycles. The van der Waals surface area contributed by atoms with Crippen LogP contribution in [0.25, 0.3) is 0 Å². The monoisotopic (exact) mass is 191 g/mol. The normalized spacial score (nSPS) is 16.2. The fourth-order valence-electron chi connectivity index (χ4n) is 1.17. The number of rotatable bonds is 4. The van der Waals surface area contributed by atoms with Gasteiger partial charge in [0.25, 0.3) is 0 Å². The Labute approximate surface area is 77.2 Å². The molecule has 1 atom stereocenters. The van der Waals surface area contributed by atoms with Crippen LogP contribution in [-0.4, -0.2) is 34.0 Å². The number of nitrogens with zero attached hydrogens (tertiary/aromatic N) is 1. The van der Waals surface area contributed by atoms with E-state index in [1.807, 2.05) is 14.1 Å². The van der Waals surface area contributed by atoms with E-state index < -0.39 is 0 Å². The zero-order valence-electron chi connectivity index (χ0n) is 7.89. The summed E-state index contributed by atoms with van der Waals surface area (Å²) in [5.74, 6) is 0. The molecule has 11 heavy (non-hydrogen) atoms. The molecule has 0 aromatic carbocycles. The predicted octanol–water partition coefficient (Wildman–Crippen LogP) is 1.62. The van der Waals surface area contributed by atoms with Gasteiger partial charge in [-0.15, -0.1) is 23.9 Å². The third kappa shape index (κ3) is 3.41. The van der Waals surface area contributed by atoms with E-state index in [4.69, 9.17) is 11.6 Å². The highest BCUT2D eigenvalue weighted by Crippen LogP contribution is 2.33. The van der Waals surface area contributed by atoms with Gasteiger partial charge in [-0.25, -0.2) is 0 Å². The summed E-state index contributed by atoms with van der Waals surface area (Å²) in [7, 11) is 3.77. The summed E-state index contributed by atoms with van der Waals surface area (Å²) in [6.45, 7) is 8.19. The molecular formula is C8H18ClNSi. The maximum absolute atomic E-state index is 6.20. The quantitative estimate of drug-likeness (QED) is 0.371. The van der Waals surface area contributed by atoms with Crippen LogP contribution in [0.3, 0.4) is 0 Å². The van der Waals surface area contributed by atoms with Gasteiger partial charge in [-0.3, -0.25) is 4.90 Å². The maximum atomic E-state index is 6.20. The van der Waals surface area contributed by atoms with Gasteiger partial charge in [-0.05, 0) is 19.1 Å². The molecule has 0 aliphatic rings. The lowest BCUT2D eigenvalue weighted by Crippen LogP contribution is -2.35. The summed E-state index contributed by atoms with van der Waals surface area (Å²) < 4.78 is 0. The Kier molecular flexibility index (Phi) is 4.37. The second-order valence-electron chi connectivity index (χ2n) is 3.78. The lowest BCUT2D eigenvalue weighted by atomic mass is 10.2. The molecule has 1 unspecified atom stereocenters. The second kappa shape index (κ2) is 4.29. The van der Waals surface area contributed by atoms with Gasteiger partial charge < -0.3 is 0 Å². The lowest BCUT2D eigenvalue weighted by Gasteiger charge is -2.33. The van der Waals surface area contributed by atoms with Crippen LogP contribution >= 0.6 is 11.6 Å². The van der Waals surface area contributed by atoms with Crippen LogP contribution in [0.4, 0.5) is 0 Å². The third-order valence-electron chi connectivity index (χ3n) is 1.77. The highest BCUT2D eigenvalue weighted by atomic mass is 35.5. The molecule has 0 amide bonds. The van der Waals surface area contributed by atoms with E-state index >= 15 is 0 Å². The van der Waals surface area contributed by atoms with Crippen molar-refractivity contribution in [1.29, 1.82) is 0 Å². The van der Waals surface area contributed by atoms with Crippen LogP contribution in [0.5, 0.6) is 0 Å². The summed E-state index contributed by atoms with van der Waals surface area (Å²) in [5.41, 5.74) is 2.19. The average molecular weight is 192 g/mol. The van der Waals surface area contributed by atoms with Crippen LogP contribution in [0, 0.1) is 0 Å². The summed E-state index contributed by atoms with van der Waals surface area (Å²) in [6.07, 6.45) is 0. The number of hydrogen-bond donors (Lipinski definition) is 0. The first-order valence-electron chi connectivity index (χ1n) is 3.83. The Morgan fingerprint density at radius 1 is 1.55 bits per heavy atom. The van der Waals surface area contributed by atoms with Crippen LogP contribution in [0.1, 0.15) is 13.8 Å². The van der Waals surface area contributed by atoms with Crippen molar-refractivity contribution in [2.45, 2.75) is 24.4 Å². The van der Waals surface area contributed by atoms with Crippen LogP contribution in [0.2, 0.25) is 5.04 Å². The molecule has 0 fully saturated rings. The van der Waals surface area contributed by atoms with E-state index in [-0.39, 0.29) is 20.1 Å². The lowest BCUT2D eigenvalue weighted by molar-refractivity contribution is 0.322. The van der Waals surface area contributed by atoms with Crippen molar-refractivity contribution in [3.8, 4) is 0 Å². The summed E-state index contributed by atoms with van der Waals surface area (Å²) in [5, 5.41) is 0.243. The van der Waals surface area contributed by atoms with Crippen LogP contribution in [0.15, 0.2) is 12.3 Å².